The minimum Gasteiger partial charge on any atom is -0.465 e. The van der Waals surface area contributed by atoms with Gasteiger partial charge in [0.15, 0.2) is 9.84 Å². The maximum atomic E-state index is 11.7. The monoisotopic (exact) mass is 297 g/mol. The van der Waals surface area contributed by atoms with Crippen LogP contribution < -0.4 is 5.32 Å². The lowest BCUT2D eigenvalue weighted by Crippen LogP contribution is -2.30. The summed E-state index contributed by atoms with van der Waals surface area (Å²) in [7, 11) is -1.54. The van der Waals surface area contributed by atoms with E-state index in [1.165, 1.54) is 7.11 Å². The Balaban J connectivity index is 1.84. The van der Waals surface area contributed by atoms with Crippen LogP contribution in [0.15, 0.2) is 24.3 Å². The third kappa shape index (κ3) is 3.58. The Morgan fingerprint density at radius 1 is 1.35 bits per heavy atom. The van der Waals surface area contributed by atoms with Crippen LogP contribution in [0.5, 0.6) is 0 Å². The summed E-state index contributed by atoms with van der Waals surface area (Å²) >= 11 is 0. The molecule has 0 amide bonds. The molecule has 5 nitrogen and oxygen atoms in total. The standard InChI is InChI=1S/C14H19NO4S/c1-19-14(16)12-6-4-11(5-7-12)9-15-10-13-3-2-8-20(13,17)18/h4-7,13,15H,2-3,8-10H2,1H3. The van der Waals surface area contributed by atoms with E-state index in [4.69, 9.17) is 0 Å². The Labute approximate surface area is 119 Å². The molecule has 1 aromatic rings. The fourth-order valence-electron chi connectivity index (χ4n) is 2.34. The molecule has 1 fully saturated rings. The zero-order valence-electron chi connectivity index (χ0n) is 11.5. The van der Waals surface area contributed by atoms with E-state index in [0.29, 0.717) is 24.4 Å². The second-order valence-electron chi connectivity index (χ2n) is 4.95. The molecule has 20 heavy (non-hydrogen) atoms. The smallest absolute Gasteiger partial charge is 0.337 e. The van der Waals surface area contributed by atoms with Crippen LogP contribution in [-0.4, -0.2) is 39.0 Å². The summed E-state index contributed by atoms with van der Waals surface area (Å²) in [5.41, 5.74) is 1.52. The first-order valence-electron chi connectivity index (χ1n) is 6.62. The van der Waals surface area contributed by atoms with Gasteiger partial charge in [0.25, 0.3) is 0 Å². The normalized spacial score (nSPS) is 20.8. The number of methoxy groups -OCH3 is 1. The predicted molar refractivity (Wildman–Crippen MR) is 76.3 cm³/mol. The van der Waals surface area contributed by atoms with Gasteiger partial charge < -0.3 is 10.1 Å². The van der Waals surface area contributed by atoms with E-state index in [0.717, 1.165) is 18.4 Å². The first-order chi connectivity index (χ1) is 9.53. The van der Waals surface area contributed by atoms with Crippen LogP contribution in [0.2, 0.25) is 0 Å². The molecule has 1 aliphatic rings. The van der Waals surface area contributed by atoms with Crippen molar-refractivity contribution in [1.82, 2.24) is 5.32 Å². The quantitative estimate of drug-likeness (QED) is 0.825. The zero-order chi connectivity index (χ0) is 14.6. The molecule has 1 aliphatic heterocycles. The van der Waals surface area contributed by atoms with Crippen LogP contribution in [0.4, 0.5) is 0 Å². The van der Waals surface area contributed by atoms with E-state index in [2.05, 4.69) is 10.1 Å². The van der Waals surface area contributed by atoms with Crippen LogP contribution >= 0.6 is 0 Å². The summed E-state index contributed by atoms with van der Waals surface area (Å²) < 4.78 is 28.0. The second-order valence-corrected chi connectivity index (χ2v) is 7.35. The molecule has 1 saturated heterocycles. The van der Waals surface area contributed by atoms with E-state index < -0.39 is 9.84 Å². The van der Waals surface area contributed by atoms with Gasteiger partial charge >= 0.3 is 5.97 Å². The first-order valence-corrected chi connectivity index (χ1v) is 8.34. The van der Waals surface area contributed by atoms with Crippen molar-refractivity contribution in [3.63, 3.8) is 0 Å². The van der Waals surface area contributed by atoms with Crippen molar-refractivity contribution in [3.05, 3.63) is 35.4 Å². The van der Waals surface area contributed by atoms with Crippen molar-refractivity contribution in [2.45, 2.75) is 24.6 Å². The summed E-state index contributed by atoms with van der Waals surface area (Å²) in [6.45, 7) is 1.08. The van der Waals surface area contributed by atoms with Crippen molar-refractivity contribution in [2.24, 2.45) is 0 Å². The van der Waals surface area contributed by atoms with Crippen molar-refractivity contribution in [1.29, 1.82) is 0 Å². The molecule has 6 heteroatoms. The number of sulfone groups is 1. The highest BCUT2D eigenvalue weighted by atomic mass is 32.2. The van der Waals surface area contributed by atoms with Gasteiger partial charge in [-0.25, -0.2) is 13.2 Å². The lowest BCUT2D eigenvalue weighted by Gasteiger charge is -2.11. The minimum absolute atomic E-state index is 0.253. The van der Waals surface area contributed by atoms with Crippen LogP contribution in [0.25, 0.3) is 0 Å². The van der Waals surface area contributed by atoms with E-state index >= 15 is 0 Å². The fraction of sp³-hybridized carbons (Fsp3) is 0.500. The SMILES string of the molecule is COC(=O)c1ccc(CNCC2CCCS2(=O)=O)cc1. The summed E-state index contributed by atoms with van der Waals surface area (Å²) in [5, 5.41) is 2.91. The molecule has 1 N–H and O–H groups in total. The molecule has 0 aliphatic carbocycles. The first kappa shape index (κ1) is 15.0. The van der Waals surface area contributed by atoms with E-state index in [9.17, 15) is 13.2 Å². The Morgan fingerprint density at radius 2 is 2.05 bits per heavy atom. The molecule has 2 rings (SSSR count). The number of benzene rings is 1. The molecule has 1 unspecified atom stereocenters. The van der Waals surface area contributed by atoms with Gasteiger partial charge in [-0.2, -0.15) is 0 Å². The molecule has 1 atom stereocenters. The summed E-state index contributed by atoms with van der Waals surface area (Å²) in [5.74, 6) is -0.0470. The number of carbonyl (C=O) groups is 1. The summed E-state index contributed by atoms with van der Waals surface area (Å²) in [6, 6.07) is 7.08. The van der Waals surface area contributed by atoms with Crippen LogP contribution in [0.1, 0.15) is 28.8 Å². The Hall–Kier alpha value is -1.40. The molecule has 110 valence electrons. The molecule has 1 aromatic carbocycles. The lowest BCUT2D eigenvalue weighted by atomic mass is 10.1. The van der Waals surface area contributed by atoms with Crippen molar-refractivity contribution in [2.75, 3.05) is 19.4 Å². The number of ether oxygens (including phenoxy) is 1. The summed E-state index contributed by atoms with van der Waals surface area (Å²) in [4.78, 5) is 11.3. The maximum Gasteiger partial charge on any atom is 0.337 e. The Bertz CT molecular complexity index is 565. The van der Waals surface area contributed by atoms with Crippen molar-refractivity contribution in [3.8, 4) is 0 Å². The maximum absolute atomic E-state index is 11.7. The third-order valence-corrected chi connectivity index (χ3v) is 5.81. The number of rotatable bonds is 5. The highest BCUT2D eigenvalue weighted by Gasteiger charge is 2.30. The van der Waals surface area contributed by atoms with Gasteiger partial charge in [-0.05, 0) is 30.5 Å². The van der Waals surface area contributed by atoms with Gasteiger partial charge in [0.1, 0.15) is 0 Å². The number of hydrogen-bond donors (Lipinski definition) is 1. The number of esters is 1. The third-order valence-electron chi connectivity index (χ3n) is 3.54. The van der Waals surface area contributed by atoms with E-state index in [1.54, 1.807) is 12.1 Å². The number of carbonyl (C=O) groups excluding carboxylic acids is 1. The molecule has 0 bridgehead atoms. The number of nitrogens with one attached hydrogen (secondary N) is 1. The van der Waals surface area contributed by atoms with Gasteiger partial charge in [0, 0.05) is 13.1 Å². The molecular weight excluding hydrogens is 278 g/mol. The van der Waals surface area contributed by atoms with Gasteiger partial charge in [-0.1, -0.05) is 12.1 Å². The van der Waals surface area contributed by atoms with E-state index in [1.807, 2.05) is 12.1 Å². The molecule has 0 aromatic heterocycles. The van der Waals surface area contributed by atoms with Crippen LogP contribution in [0, 0.1) is 0 Å². The number of hydrogen-bond acceptors (Lipinski definition) is 5. The van der Waals surface area contributed by atoms with Crippen LogP contribution in [-0.2, 0) is 21.1 Å². The van der Waals surface area contributed by atoms with Crippen molar-refractivity contribution < 1.29 is 17.9 Å². The van der Waals surface area contributed by atoms with Crippen LogP contribution in [0.3, 0.4) is 0 Å². The topological polar surface area (TPSA) is 72.5 Å². The average molecular weight is 297 g/mol. The molecule has 0 saturated carbocycles. The minimum atomic E-state index is -2.89. The molecule has 0 radical (unpaired) electrons. The van der Waals surface area contributed by atoms with Gasteiger partial charge in [0.05, 0.1) is 23.7 Å². The fourth-order valence-corrected chi connectivity index (χ4v) is 4.14. The molecular formula is C14H19NO4S. The highest BCUT2D eigenvalue weighted by Crippen LogP contribution is 2.19. The highest BCUT2D eigenvalue weighted by molar-refractivity contribution is 7.92. The zero-order valence-corrected chi connectivity index (χ0v) is 12.3. The average Bonchev–Trinajstić information content (AvgIpc) is 2.78. The lowest BCUT2D eigenvalue weighted by molar-refractivity contribution is 0.0600. The van der Waals surface area contributed by atoms with E-state index in [-0.39, 0.29) is 11.2 Å². The second kappa shape index (κ2) is 6.37. The van der Waals surface area contributed by atoms with Crippen molar-refractivity contribution >= 4 is 15.8 Å². The van der Waals surface area contributed by atoms with Gasteiger partial charge in [-0.3, -0.25) is 0 Å². The predicted octanol–water partition coefficient (Wildman–Crippen LogP) is 1.14. The van der Waals surface area contributed by atoms with Gasteiger partial charge in [-0.15, -0.1) is 0 Å². The largest absolute Gasteiger partial charge is 0.465 e. The molecule has 1 heterocycles. The van der Waals surface area contributed by atoms with Gasteiger partial charge in [0.2, 0.25) is 0 Å². The Morgan fingerprint density at radius 3 is 2.60 bits per heavy atom. The summed E-state index contributed by atoms with van der Waals surface area (Å²) in [6.07, 6.45) is 1.51. The Kier molecular flexibility index (Phi) is 4.77. The molecule has 0 spiro atoms.